The first-order valence-corrected chi connectivity index (χ1v) is 10.7. The summed E-state index contributed by atoms with van der Waals surface area (Å²) in [5.74, 6) is 0.252. The molecule has 0 unspecified atom stereocenters. The van der Waals surface area contributed by atoms with Gasteiger partial charge in [0.25, 0.3) is 0 Å². The average Bonchev–Trinajstić information content (AvgIpc) is 2.82. The lowest BCUT2D eigenvalue weighted by molar-refractivity contribution is -0.385. The van der Waals surface area contributed by atoms with Crippen LogP contribution in [0.1, 0.15) is 18.1 Å². The molecule has 0 saturated heterocycles. The van der Waals surface area contributed by atoms with Gasteiger partial charge in [0.05, 0.1) is 34.6 Å². The van der Waals surface area contributed by atoms with Gasteiger partial charge in [0.1, 0.15) is 17.9 Å². The molecular weight excluding hydrogens is 464 g/mol. The maximum absolute atomic E-state index is 11.9. The number of carbonyl (C=O) groups excluding carboxylic acids is 1. The van der Waals surface area contributed by atoms with Crippen LogP contribution < -0.4 is 14.8 Å². The molecule has 3 rings (SSSR count). The van der Waals surface area contributed by atoms with E-state index in [-0.39, 0.29) is 24.5 Å². The van der Waals surface area contributed by atoms with Gasteiger partial charge in [-0.15, -0.1) is 6.58 Å². The number of fused-ring (bicyclic) bond motifs is 1. The van der Waals surface area contributed by atoms with E-state index in [1.165, 1.54) is 19.5 Å². The predicted octanol–water partition coefficient (Wildman–Crippen LogP) is 4.48. The normalized spacial score (nSPS) is 10.6. The average molecular weight is 487 g/mol. The van der Waals surface area contributed by atoms with Gasteiger partial charge >= 0.3 is 11.7 Å². The third-order valence-corrected chi connectivity index (χ3v) is 5.11. The first-order valence-electron chi connectivity index (χ1n) is 10.3. The van der Waals surface area contributed by atoms with Crippen molar-refractivity contribution >= 4 is 40.0 Å². The zero-order valence-corrected chi connectivity index (χ0v) is 19.4. The summed E-state index contributed by atoms with van der Waals surface area (Å²) in [6, 6.07) is 6.67. The minimum atomic E-state index is -0.635. The van der Waals surface area contributed by atoms with E-state index in [4.69, 9.17) is 25.8 Å². The molecule has 0 amide bonds. The van der Waals surface area contributed by atoms with E-state index >= 15 is 0 Å². The van der Waals surface area contributed by atoms with Crippen molar-refractivity contribution in [2.24, 2.45) is 0 Å². The van der Waals surface area contributed by atoms with Crippen molar-refractivity contribution < 1.29 is 23.9 Å². The second kappa shape index (κ2) is 11.3. The lowest BCUT2D eigenvalue weighted by atomic mass is 10.0. The van der Waals surface area contributed by atoms with E-state index in [2.05, 4.69) is 21.9 Å². The van der Waals surface area contributed by atoms with Crippen molar-refractivity contribution in [1.29, 1.82) is 0 Å². The largest absolute Gasteiger partial charge is 0.495 e. The number of ether oxygens (including phenoxy) is 3. The number of methoxy groups -OCH3 is 1. The van der Waals surface area contributed by atoms with Crippen molar-refractivity contribution in [2.45, 2.75) is 19.9 Å². The predicted molar refractivity (Wildman–Crippen MR) is 128 cm³/mol. The number of esters is 1. The number of aromatic nitrogens is 2. The standard InChI is InChI=1S/C23H23ClN4O6/c1-4-6-15-21-16(10-18(28(30)31)22(15)34-12-20(29)33-5-2)23(27-13-26-21)25-11-14-7-8-19(32-3)17(24)9-14/h4,7-10,13H,1,5-6,11-12H2,2-3H3,(H,25,26,27). The van der Waals surface area contributed by atoms with E-state index < -0.39 is 17.5 Å². The highest BCUT2D eigenvalue weighted by Crippen LogP contribution is 2.39. The van der Waals surface area contributed by atoms with Gasteiger partial charge in [-0.25, -0.2) is 14.8 Å². The topological polar surface area (TPSA) is 126 Å². The van der Waals surface area contributed by atoms with E-state index in [0.29, 0.717) is 39.6 Å². The van der Waals surface area contributed by atoms with Crippen molar-refractivity contribution in [3.63, 3.8) is 0 Å². The zero-order chi connectivity index (χ0) is 24.7. The number of nitrogens with one attached hydrogen (secondary N) is 1. The summed E-state index contributed by atoms with van der Waals surface area (Å²) in [5, 5.41) is 15.9. The molecule has 0 aliphatic heterocycles. The molecule has 2 aromatic carbocycles. The summed E-state index contributed by atoms with van der Waals surface area (Å²) in [6.07, 6.45) is 3.14. The van der Waals surface area contributed by atoms with Crippen molar-refractivity contribution in [1.82, 2.24) is 9.97 Å². The van der Waals surface area contributed by atoms with Gasteiger partial charge in [-0.2, -0.15) is 0 Å². The van der Waals surface area contributed by atoms with Crippen LogP contribution in [0.2, 0.25) is 5.02 Å². The molecule has 34 heavy (non-hydrogen) atoms. The third kappa shape index (κ3) is 5.52. The molecule has 0 radical (unpaired) electrons. The van der Waals surface area contributed by atoms with Gasteiger partial charge in [-0.3, -0.25) is 10.1 Å². The van der Waals surface area contributed by atoms with Gasteiger partial charge in [-0.1, -0.05) is 23.7 Å². The molecule has 0 bridgehead atoms. The Morgan fingerprint density at radius 3 is 2.76 bits per heavy atom. The number of benzene rings is 2. The molecule has 0 saturated carbocycles. The summed E-state index contributed by atoms with van der Waals surface area (Å²) in [4.78, 5) is 31.7. The third-order valence-electron chi connectivity index (χ3n) is 4.82. The van der Waals surface area contributed by atoms with Crippen LogP contribution in [0.3, 0.4) is 0 Å². The Bertz CT molecular complexity index is 1230. The van der Waals surface area contributed by atoms with Crippen LogP contribution in [0, 0.1) is 10.1 Å². The Hall–Kier alpha value is -3.92. The summed E-state index contributed by atoms with van der Waals surface area (Å²) in [7, 11) is 1.53. The van der Waals surface area contributed by atoms with Crippen LogP contribution in [0.5, 0.6) is 11.5 Å². The summed E-state index contributed by atoms with van der Waals surface area (Å²) < 4.78 is 15.6. The monoisotopic (exact) mass is 486 g/mol. The molecule has 0 aliphatic rings. The maximum atomic E-state index is 11.9. The molecule has 11 heteroatoms. The number of rotatable bonds is 11. The van der Waals surface area contributed by atoms with E-state index in [1.54, 1.807) is 25.1 Å². The Morgan fingerprint density at radius 1 is 1.32 bits per heavy atom. The van der Waals surface area contributed by atoms with Crippen molar-refractivity contribution in [2.75, 3.05) is 25.6 Å². The molecule has 10 nitrogen and oxygen atoms in total. The fourth-order valence-corrected chi connectivity index (χ4v) is 3.63. The van der Waals surface area contributed by atoms with E-state index in [0.717, 1.165) is 5.56 Å². The van der Waals surface area contributed by atoms with Gasteiger partial charge < -0.3 is 19.5 Å². The Morgan fingerprint density at radius 2 is 2.12 bits per heavy atom. The van der Waals surface area contributed by atoms with Crippen molar-refractivity contribution in [3.05, 3.63) is 69.5 Å². The maximum Gasteiger partial charge on any atom is 0.344 e. The number of hydrogen-bond acceptors (Lipinski definition) is 9. The van der Waals surface area contributed by atoms with Gasteiger partial charge in [0.15, 0.2) is 6.61 Å². The van der Waals surface area contributed by atoms with E-state index in [9.17, 15) is 14.9 Å². The molecular formula is C23H23ClN4O6. The lowest BCUT2D eigenvalue weighted by Crippen LogP contribution is -2.16. The van der Waals surface area contributed by atoms with Crippen LogP contribution in [0.25, 0.3) is 10.9 Å². The minimum absolute atomic E-state index is 0.0583. The first-order chi connectivity index (χ1) is 16.4. The molecule has 1 aromatic heterocycles. The smallest absolute Gasteiger partial charge is 0.344 e. The second-order valence-corrected chi connectivity index (χ2v) is 7.40. The molecule has 1 heterocycles. The number of carbonyl (C=O) groups is 1. The molecule has 0 aliphatic carbocycles. The van der Waals surface area contributed by atoms with E-state index in [1.807, 2.05) is 6.07 Å². The van der Waals surface area contributed by atoms with Crippen LogP contribution in [-0.2, 0) is 22.5 Å². The molecule has 0 fully saturated rings. The highest BCUT2D eigenvalue weighted by atomic mass is 35.5. The number of nitro benzene ring substituents is 1. The quantitative estimate of drug-likeness (QED) is 0.180. The molecule has 0 spiro atoms. The lowest BCUT2D eigenvalue weighted by Gasteiger charge is -2.15. The Labute approximate surface area is 200 Å². The minimum Gasteiger partial charge on any atom is -0.495 e. The summed E-state index contributed by atoms with van der Waals surface area (Å²) in [5.41, 5.74) is 1.39. The van der Waals surface area contributed by atoms with Crippen LogP contribution in [0.15, 0.2) is 43.2 Å². The SMILES string of the molecule is C=CCc1c(OCC(=O)OCC)c([N+](=O)[O-])cc2c(NCc3ccc(OC)c(Cl)c3)ncnc12. The van der Waals surface area contributed by atoms with Gasteiger partial charge in [0, 0.05) is 18.2 Å². The number of halogens is 1. The fourth-order valence-electron chi connectivity index (χ4n) is 3.35. The molecule has 1 N–H and O–H groups in total. The molecule has 178 valence electrons. The second-order valence-electron chi connectivity index (χ2n) is 6.99. The van der Waals surface area contributed by atoms with Crippen LogP contribution in [0.4, 0.5) is 11.5 Å². The zero-order valence-electron chi connectivity index (χ0n) is 18.7. The van der Waals surface area contributed by atoms with Crippen molar-refractivity contribution in [3.8, 4) is 11.5 Å². The highest BCUT2D eigenvalue weighted by molar-refractivity contribution is 6.32. The fraction of sp³-hybridized carbons (Fsp3) is 0.261. The number of nitro groups is 1. The molecule has 0 atom stereocenters. The number of anilines is 1. The first kappa shape index (κ1) is 24.7. The number of nitrogens with zero attached hydrogens (tertiary/aromatic N) is 3. The summed E-state index contributed by atoms with van der Waals surface area (Å²) >= 11 is 6.20. The van der Waals surface area contributed by atoms with Crippen LogP contribution >= 0.6 is 11.6 Å². The van der Waals surface area contributed by atoms with Gasteiger partial charge in [-0.05, 0) is 31.0 Å². The Kier molecular flexibility index (Phi) is 8.20. The number of allylic oxidation sites excluding steroid dienone is 1. The summed E-state index contributed by atoms with van der Waals surface area (Å²) in [6.45, 7) is 5.43. The van der Waals surface area contributed by atoms with Crippen LogP contribution in [-0.4, -0.2) is 41.2 Å². The molecule has 3 aromatic rings. The number of hydrogen-bond donors (Lipinski definition) is 1. The van der Waals surface area contributed by atoms with Gasteiger partial charge in [0.2, 0.25) is 5.75 Å². The highest BCUT2D eigenvalue weighted by Gasteiger charge is 2.25. The Balaban J connectivity index is 2.03.